The first kappa shape index (κ1) is 16.4. The van der Waals surface area contributed by atoms with Crippen molar-refractivity contribution in [3.63, 3.8) is 0 Å². The van der Waals surface area contributed by atoms with Gasteiger partial charge >= 0.3 is 0 Å². The van der Waals surface area contributed by atoms with Crippen LogP contribution in [0.5, 0.6) is 0 Å². The van der Waals surface area contributed by atoms with Crippen LogP contribution >= 0.6 is 0 Å². The van der Waals surface area contributed by atoms with Crippen LogP contribution in [0.4, 0.5) is 0 Å². The van der Waals surface area contributed by atoms with Crippen LogP contribution in [0.25, 0.3) is 0 Å². The summed E-state index contributed by atoms with van der Waals surface area (Å²) in [6.07, 6.45) is 10.3. The topological polar surface area (TPSA) is 60.7 Å². The van der Waals surface area contributed by atoms with Gasteiger partial charge in [0.05, 0.1) is 12.2 Å². The fourth-order valence-corrected chi connectivity index (χ4v) is 8.13. The molecule has 132 valence electrons. The van der Waals surface area contributed by atoms with E-state index < -0.39 is 5.60 Å². The first-order valence-corrected chi connectivity index (χ1v) is 9.76. The fourth-order valence-electron chi connectivity index (χ4n) is 8.13. The van der Waals surface area contributed by atoms with Gasteiger partial charge in [-0.15, -0.1) is 0 Å². The molecule has 1 spiro atoms. The predicted octanol–water partition coefficient (Wildman–Crippen LogP) is 3.12. The second-order valence-corrected chi connectivity index (χ2v) is 10.1. The summed E-state index contributed by atoms with van der Waals surface area (Å²) in [5.41, 5.74) is -0.191. The Labute approximate surface area is 140 Å². The van der Waals surface area contributed by atoms with E-state index in [1.807, 2.05) is 0 Å². The van der Waals surface area contributed by atoms with Crippen LogP contribution in [-0.2, 0) is 0 Å². The summed E-state index contributed by atoms with van der Waals surface area (Å²) in [6.45, 7) is 5.04. The van der Waals surface area contributed by atoms with Crippen LogP contribution in [0, 0.1) is 34.0 Å². The van der Waals surface area contributed by atoms with E-state index in [4.69, 9.17) is 0 Å². The molecule has 4 aliphatic rings. The van der Waals surface area contributed by atoms with Crippen LogP contribution in [0.15, 0.2) is 0 Å². The average Bonchev–Trinajstić information content (AvgIpc) is 2.74. The summed E-state index contributed by atoms with van der Waals surface area (Å²) >= 11 is 0. The molecule has 4 aliphatic carbocycles. The molecule has 7 atom stereocenters. The summed E-state index contributed by atoms with van der Waals surface area (Å²) in [6, 6.07) is 0. The summed E-state index contributed by atoms with van der Waals surface area (Å²) in [5, 5.41) is 30.8. The van der Waals surface area contributed by atoms with E-state index in [-0.39, 0.29) is 17.4 Å². The molecule has 23 heavy (non-hydrogen) atoms. The van der Waals surface area contributed by atoms with E-state index in [1.54, 1.807) is 0 Å². The fraction of sp³-hybridized carbons (Fsp3) is 1.00. The summed E-state index contributed by atoms with van der Waals surface area (Å²) in [4.78, 5) is 0. The van der Waals surface area contributed by atoms with Gasteiger partial charge in [0.25, 0.3) is 0 Å². The maximum atomic E-state index is 10.9. The molecule has 4 fully saturated rings. The van der Waals surface area contributed by atoms with Gasteiger partial charge in [0.2, 0.25) is 0 Å². The van der Waals surface area contributed by atoms with Crippen molar-refractivity contribution < 1.29 is 15.3 Å². The van der Waals surface area contributed by atoms with Crippen LogP contribution in [0.2, 0.25) is 0 Å². The highest BCUT2D eigenvalue weighted by molar-refractivity contribution is 5.16. The zero-order valence-electron chi connectivity index (χ0n) is 14.9. The van der Waals surface area contributed by atoms with Gasteiger partial charge in [-0.25, -0.2) is 0 Å². The molecule has 3 heteroatoms. The number of hydrogen-bond acceptors (Lipinski definition) is 3. The molecular weight excluding hydrogens is 288 g/mol. The molecule has 0 aromatic carbocycles. The minimum atomic E-state index is -0.826. The molecule has 0 heterocycles. The van der Waals surface area contributed by atoms with Crippen LogP contribution in [0.1, 0.15) is 71.6 Å². The molecule has 0 radical (unpaired) electrons. The number of aliphatic hydroxyl groups excluding tert-OH is 2. The Morgan fingerprint density at radius 3 is 2.39 bits per heavy atom. The van der Waals surface area contributed by atoms with E-state index in [1.165, 1.54) is 32.1 Å². The molecule has 4 rings (SSSR count). The van der Waals surface area contributed by atoms with E-state index in [2.05, 4.69) is 13.8 Å². The first-order chi connectivity index (χ1) is 10.8. The zero-order chi connectivity index (χ0) is 16.5. The predicted molar refractivity (Wildman–Crippen MR) is 89.8 cm³/mol. The zero-order valence-corrected chi connectivity index (χ0v) is 14.9. The SMILES string of the molecule is C[C@@]1(CO)CCC[C@@]2(C)C3CC[C@H]4CC3(CCC12)C[C@@]4(O)CO. The number of rotatable bonds is 2. The van der Waals surface area contributed by atoms with Gasteiger partial charge in [-0.1, -0.05) is 20.3 Å². The Morgan fingerprint density at radius 2 is 1.70 bits per heavy atom. The van der Waals surface area contributed by atoms with Crippen molar-refractivity contribution in [2.45, 2.75) is 77.2 Å². The second kappa shape index (κ2) is 4.95. The first-order valence-electron chi connectivity index (χ1n) is 9.76. The van der Waals surface area contributed by atoms with E-state index in [9.17, 15) is 15.3 Å². The standard InChI is InChI=1S/C20H34O3/c1-17(12-21)7-3-8-18(2)15(17)6-9-19-10-14(4-5-16(18)19)20(23,11-19)13-22/h14-16,21-23H,3-13H2,1-2H3/t14-,15?,16?,17-,18+,19?,20+/m0/s1. The lowest BCUT2D eigenvalue weighted by Crippen LogP contribution is -2.57. The maximum Gasteiger partial charge on any atom is 0.0910 e. The third-order valence-corrected chi connectivity index (χ3v) is 9.08. The van der Waals surface area contributed by atoms with Gasteiger partial charge in [-0.2, -0.15) is 0 Å². The van der Waals surface area contributed by atoms with Gasteiger partial charge in [-0.3, -0.25) is 0 Å². The van der Waals surface area contributed by atoms with Crippen LogP contribution < -0.4 is 0 Å². The lowest BCUT2D eigenvalue weighted by molar-refractivity contribution is -0.159. The van der Waals surface area contributed by atoms with Gasteiger partial charge < -0.3 is 15.3 Å². The highest BCUT2D eigenvalue weighted by Gasteiger charge is 2.67. The highest BCUT2D eigenvalue weighted by atomic mass is 16.3. The Morgan fingerprint density at radius 1 is 0.913 bits per heavy atom. The molecule has 3 nitrogen and oxygen atoms in total. The van der Waals surface area contributed by atoms with Gasteiger partial charge in [-0.05, 0) is 85.4 Å². The van der Waals surface area contributed by atoms with Gasteiger partial charge in [0.1, 0.15) is 0 Å². The minimum Gasteiger partial charge on any atom is -0.396 e. The van der Waals surface area contributed by atoms with Gasteiger partial charge in [0, 0.05) is 6.61 Å². The largest absolute Gasteiger partial charge is 0.396 e. The number of fused-ring (bicyclic) bond motifs is 3. The number of aliphatic hydroxyl groups is 3. The van der Waals surface area contributed by atoms with E-state index >= 15 is 0 Å². The van der Waals surface area contributed by atoms with Crippen molar-refractivity contribution in [2.75, 3.05) is 13.2 Å². The van der Waals surface area contributed by atoms with Crippen molar-refractivity contribution in [1.29, 1.82) is 0 Å². The molecular formula is C20H34O3. The summed E-state index contributed by atoms with van der Waals surface area (Å²) in [7, 11) is 0. The average molecular weight is 322 g/mol. The summed E-state index contributed by atoms with van der Waals surface area (Å²) in [5.74, 6) is 1.58. The Bertz CT molecular complexity index is 493. The van der Waals surface area contributed by atoms with Crippen LogP contribution in [-0.4, -0.2) is 34.1 Å². The maximum absolute atomic E-state index is 10.9. The number of hydrogen-bond donors (Lipinski definition) is 3. The normalized spacial score (nSPS) is 58.6. The monoisotopic (exact) mass is 322 g/mol. The third kappa shape index (κ3) is 1.99. The molecule has 0 aliphatic heterocycles. The van der Waals surface area contributed by atoms with E-state index in [0.29, 0.717) is 29.8 Å². The Hall–Kier alpha value is -0.120. The van der Waals surface area contributed by atoms with Crippen LogP contribution in [0.3, 0.4) is 0 Å². The highest BCUT2D eigenvalue weighted by Crippen LogP contribution is 2.72. The third-order valence-electron chi connectivity index (χ3n) is 9.08. The van der Waals surface area contributed by atoms with Crippen molar-refractivity contribution >= 4 is 0 Å². The van der Waals surface area contributed by atoms with Crippen molar-refractivity contribution in [3.8, 4) is 0 Å². The van der Waals surface area contributed by atoms with E-state index in [0.717, 1.165) is 25.7 Å². The molecule has 0 amide bonds. The molecule has 3 N–H and O–H groups in total. The second-order valence-electron chi connectivity index (χ2n) is 10.1. The van der Waals surface area contributed by atoms with Gasteiger partial charge in [0.15, 0.2) is 0 Å². The quantitative estimate of drug-likeness (QED) is 0.732. The molecule has 4 saturated carbocycles. The van der Waals surface area contributed by atoms with Crippen molar-refractivity contribution in [3.05, 3.63) is 0 Å². The molecule has 0 saturated heterocycles. The minimum absolute atomic E-state index is 0.0688. The van der Waals surface area contributed by atoms with Crippen molar-refractivity contribution in [1.82, 2.24) is 0 Å². The Balaban J connectivity index is 1.71. The Kier molecular flexibility index (Phi) is 3.52. The summed E-state index contributed by atoms with van der Waals surface area (Å²) < 4.78 is 0. The lowest BCUT2D eigenvalue weighted by Gasteiger charge is -2.64. The van der Waals surface area contributed by atoms with Crippen molar-refractivity contribution in [2.24, 2.45) is 34.0 Å². The molecule has 0 aromatic rings. The molecule has 2 bridgehead atoms. The molecule has 3 unspecified atom stereocenters. The molecule has 0 aromatic heterocycles. The lowest BCUT2D eigenvalue weighted by atomic mass is 9.41. The smallest absolute Gasteiger partial charge is 0.0910 e.